The Morgan fingerprint density at radius 3 is 2.67 bits per heavy atom. The Morgan fingerprint density at radius 1 is 1.56 bits per heavy atom. The van der Waals surface area contributed by atoms with Gasteiger partial charge in [-0.1, -0.05) is 0 Å². The first-order valence-electron chi connectivity index (χ1n) is 5.83. The number of nitrogens with one attached hydrogen (secondary N) is 1. The number of carboxylic acid groups (broad SMARTS) is 1. The van der Waals surface area contributed by atoms with E-state index < -0.39 is 18.0 Å². The third-order valence-electron chi connectivity index (χ3n) is 2.98. The van der Waals surface area contributed by atoms with Crippen molar-refractivity contribution in [3.05, 3.63) is 0 Å². The number of ether oxygens (including phenoxy) is 1. The molecule has 2 amide bonds. The zero-order chi connectivity index (χ0) is 13.5. The molecule has 6 nitrogen and oxygen atoms in total. The molecule has 0 spiro atoms. The van der Waals surface area contributed by atoms with Crippen LogP contribution in [-0.4, -0.2) is 54.4 Å². The molecule has 2 N–H and O–H groups in total. The van der Waals surface area contributed by atoms with E-state index in [1.807, 2.05) is 0 Å². The Balaban J connectivity index is 2.52. The molecular weight excluding hydrogens is 236 g/mol. The number of aliphatic carboxylic acids is 1. The Kier molecular flexibility index (Phi) is 5.46. The lowest BCUT2D eigenvalue weighted by Gasteiger charge is -2.31. The van der Waals surface area contributed by atoms with Crippen LogP contribution in [0.5, 0.6) is 0 Å². The van der Waals surface area contributed by atoms with Gasteiger partial charge < -0.3 is 20.1 Å². The van der Waals surface area contributed by atoms with Crippen molar-refractivity contribution in [3.63, 3.8) is 0 Å². The summed E-state index contributed by atoms with van der Waals surface area (Å²) in [5.41, 5.74) is 0. The highest BCUT2D eigenvalue weighted by atomic mass is 16.5. The number of carbonyl (C=O) groups excluding carboxylic acids is 1. The van der Waals surface area contributed by atoms with Gasteiger partial charge in [-0.25, -0.2) is 9.59 Å². The molecular formula is C12H18N2O4. The first-order valence-corrected chi connectivity index (χ1v) is 5.83. The number of carbonyl (C=O) groups is 2. The number of amides is 2. The lowest BCUT2D eigenvalue weighted by atomic mass is 10.1. The van der Waals surface area contributed by atoms with Crippen molar-refractivity contribution in [2.24, 2.45) is 0 Å². The van der Waals surface area contributed by atoms with Gasteiger partial charge in [-0.2, -0.15) is 0 Å². The summed E-state index contributed by atoms with van der Waals surface area (Å²) in [6.07, 6.45) is 6.56. The summed E-state index contributed by atoms with van der Waals surface area (Å²) in [6, 6.07) is -1.37. The van der Waals surface area contributed by atoms with Gasteiger partial charge in [0.25, 0.3) is 0 Å². The molecule has 1 rings (SSSR count). The molecule has 0 aliphatic carbocycles. The quantitative estimate of drug-likeness (QED) is 0.706. The van der Waals surface area contributed by atoms with E-state index in [9.17, 15) is 9.59 Å². The van der Waals surface area contributed by atoms with Crippen LogP contribution in [0.25, 0.3) is 0 Å². The van der Waals surface area contributed by atoms with Crippen molar-refractivity contribution in [3.8, 4) is 12.3 Å². The zero-order valence-electron chi connectivity index (χ0n) is 10.4. The first kappa shape index (κ1) is 14.3. The molecule has 1 unspecified atom stereocenters. The number of hydrogen-bond donors (Lipinski definition) is 2. The molecule has 100 valence electrons. The first-order chi connectivity index (χ1) is 8.56. The van der Waals surface area contributed by atoms with E-state index in [-0.39, 0.29) is 12.5 Å². The van der Waals surface area contributed by atoms with Crippen LogP contribution in [0, 0.1) is 12.3 Å². The second-order valence-electron chi connectivity index (χ2n) is 4.20. The number of rotatable bonds is 4. The molecule has 1 heterocycles. The van der Waals surface area contributed by atoms with E-state index >= 15 is 0 Å². The number of terminal acetylenes is 1. The minimum Gasteiger partial charge on any atom is -0.480 e. The summed E-state index contributed by atoms with van der Waals surface area (Å²) in [7, 11) is 1.65. The second-order valence-corrected chi connectivity index (χ2v) is 4.20. The average molecular weight is 254 g/mol. The maximum atomic E-state index is 11.9. The molecule has 18 heavy (non-hydrogen) atoms. The molecule has 1 fully saturated rings. The van der Waals surface area contributed by atoms with Crippen molar-refractivity contribution in [2.45, 2.75) is 31.3 Å². The van der Waals surface area contributed by atoms with Crippen LogP contribution in [0.2, 0.25) is 0 Å². The molecule has 1 aliphatic heterocycles. The third-order valence-corrected chi connectivity index (χ3v) is 2.98. The summed E-state index contributed by atoms with van der Waals surface area (Å²) >= 11 is 0. The number of urea groups is 1. The van der Waals surface area contributed by atoms with Crippen molar-refractivity contribution < 1.29 is 19.4 Å². The minimum atomic E-state index is -1.12. The summed E-state index contributed by atoms with van der Waals surface area (Å²) in [5.74, 6) is 1.12. The van der Waals surface area contributed by atoms with Crippen LogP contribution in [0.3, 0.4) is 0 Å². The van der Waals surface area contributed by atoms with E-state index in [0.717, 1.165) is 12.8 Å². The minimum absolute atomic E-state index is 0.0251. The molecule has 0 bridgehead atoms. The molecule has 1 saturated heterocycles. The Morgan fingerprint density at radius 2 is 2.17 bits per heavy atom. The van der Waals surface area contributed by atoms with Crippen molar-refractivity contribution in [1.29, 1.82) is 0 Å². The maximum absolute atomic E-state index is 11.9. The predicted octanol–water partition coefficient (Wildman–Crippen LogP) is 0.283. The molecule has 6 heteroatoms. The van der Waals surface area contributed by atoms with E-state index in [1.165, 1.54) is 4.90 Å². The van der Waals surface area contributed by atoms with E-state index in [2.05, 4.69) is 11.2 Å². The molecule has 0 saturated carbocycles. The summed E-state index contributed by atoms with van der Waals surface area (Å²) < 4.78 is 5.21. The van der Waals surface area contributed by atoms with E-state index in [4.69, 9.17) is 16.3 Å². The monoisotopic (exact) mass is 254 g/mol. The van der Waals surface area contributed by atoms with Gasteiger partial charge in [0.1, 0.15) is 6.04 Å². The van der Waals surface area contributed by atoms with Gasteiger partial charge in [-0.15, -0.1) is 12.3 Å². The molecule has 0 aromatic rings. The number of carboxylic acids is 1. The average Bonchev–Trinajstić information content (AvgIpc) is 2.38. The number of nitrogens with zero attached hydrogens (tertiary/aromatic N) is 1. The van der Waals surface area contributed by atoms with Crippen LogP contribution in [0.1, 0.15) is 19.3 Å². The number of hydrogen-bond acceptors (Lipinski definition) is 3. The highest BCUT2D eigenvalue weighted by molar-refractivity contribution is 5.82. The van der Waals surface area contributed by atoms with E-state index in [1.54, 1.807) is 7.05 Å². The topological polar surface area (TPSA) is 78.9 Å². The molecule has 0 radical (unpaired) electrons. The van der Waals surface area contributed by atoms with Crippen LogP contribution in [-0.2, 0) is 9.53 Å². The maximum Gasteiger partial charge on any atom is 0.327 e. The lowest BCUT2D eigenvalue weighted by Crippen LogP contribution is -2.50. The summed E-state index contributed by atoms with van der Waals surface area (Å²) in [6.45, 7) is 1.24. The van der Waals surface area contributed by atoms with Crippen LogP contribution in [0.15, 0.2) is 0 Å². The standard InChI is InChI=1S/C12H18N2O4/c1-3-4-10(11(15)16)13-12(17)14(2)9-5-7-18-8-6-9/h1,9-10H,4-8H2,2H3,(H,13,17)(H,15,16). The van der Waals surface area contributed by atoms with Gasteiger partial charge in [0.15, 0.2) is 0 Å². The SMILES string of the molecule is C#CCC(NC(=O)N(C)C1CCOCC1)C(=O)O. The van der Waals surface area contributed by atoms with Gasteiger partial charge >= 0.3 is 12.0 Å². The highest BCUT2D eigenvalue weighted by Gasteiger charge is 2.26. The van der Waals surface area contributed by atoms with Crippen LogP contribution >= 0.6 is 0 Å². The normalized spacial score (nSPS) is 17.6. The fourth-order valence-electron chi connectivity index (χ4n) is 1.81. The Labute approximate surface area is 106 Å². The Hall–Kier alpha value is -1.74. The van der Waals surface area contributed by atoms with Crippen molar-refractivity contribution in [2.75, 3.05) is 20.3 Å². The van der Waals surface area contributed by atoms with Crippen molar-refractivity contribution >= 4 is 12.0 Å². The van der Waals surface area contributed by atoms with Gasteiger partial charge in [-0.05, 0) is 12.8 Å². The smallest absolute Gasteiger partial charge is 0.327 e. The van der Waals surface area contributed by atoms with Gasteiger partial charge in [0, 0.05) is 32.7 Å². The van der Waals surface area contributed by atoms with Crippen LogP contribution < -0.4 is 5.32 Å². The van der Waals surface area contributed by atoms with E-state index in [0.29, 0.717) is 13.2 Å². The zero-order valence-corrected chi connectivity index (χ0v) is 10.4. The lowest BCUT2D eigenvalue weighted by molar-refractivity contribution is -0.139. The fraction of sp³-hybridized carbons (Fsp3) is 0.667. The predicted molar refractivity (Wildman–Crippen MR) is 65.0 cm³/mol. The van der Waals surface area contributed by atoms with Crippen molar-refractivity contribution in [1.82, 2.24) is 10.2 Å². The molecule has 0 aromatic heterocycles. The highest BCUT2D eigenvalue weighted by Crippen LogP contribution is 2.12. The van der Waals surface area contributed by atoms with Gasteiger partial charge in [-0.3, -0.25) is 0 Å². The fourth-order valence-corrected chi connectivity index (χ4v) is 1.81. The van der Waals surface area contributed by atoms with Gasteiger partial charge in [0.05, 0.1) is 0 Å². The molecule has 1 atom stereocenters. The Bertz CT molecular complexity index is 344. The second kappa shape index (κ2) is 6.87. The van der Waals surface area contributed by atoms with Crippen LogP contribution in [0.4, 0.5) is 4.79 Å². The largest absolute Gasteiger partial charge is 0.480 e. The third kappa shape index (κ3) is 3.93. The summed E-state index contributed by atoms with van der Waals surface area (Å²) in [5, 5.41) is 11.3. The van der Waals surface area contributed by atoms with Gasteiger partial charge in [0.2, 0.25) is 0 Å². The molecule has 0 aromatic carbocycles. The molecule has 1 aliphatic rings. The summed E-state index contributed by atoms with van der Waals surface area (Å²) in [4.78, 5) is 24.3.